The Balaban J connectivity index is 2.26. The van der Waals surface area contributed by atoms with Crippen LogP contribution in [-0.4, -0.2) is 42.0 Å². The number of carbonyl (C=O) groups excluding carboxylic acids is 1. The van der Waals surface area contributed by atoms with Gasteiger partial charge in [0, 0.05) is 6.54 Å². The van der Waals surface area contributed by atoms with Gasteiger partial charge >= 0.3 is 5.97 Å². The summed E-state index contributed by atoms with van der Waals surface area (Å²) in [7, 11) is 1.29. The molecule has 0 aromatic carbocycles. The van der Waals surface area contributed by atoms with E-state index in [0.717, 1.165) is 0 Å². The first-order valence-electron chi connectivity index (χ1n) is 5.32. The number of aliphatic hydroxyl groups is 2. The fourth-order valence-corrected chi connectivity index (χ4v) is 1.95. The number of nitrogens with one attached hydrogen (secondary N) is 1. The van der Waals surface area contributed by atoms with Gasteiger partial charge in [-0.3, -0.25) is 0 Å². The minimum atomic E-state index is -0.939. The van der Waals surface area contributed by atoms with Crippen LogP contribution in [0.1, 0.15) is 27.9 Å². The fraction of sp³-hybridized carbons (Fsp3) is 0.545. The van der Waals surface area contributed by atoms with Gasteiger partial charge in [-0.1, -0.05) is 0 Å². The second-order valence-electron chi connectivity index (χ2n) is 4.05. The molecule has 2 rings (SSSR count). The predicted octanol–water partition coefficient (Wildman–Crippen LogP) is -0.259. The molecule has 0 unspecified atom stereocenters. The first kappa shape index (κ1) is 12.1. The fourth-order valence-electron chi connectivity index (χ4n) is 1.95. The average Bonchev–Trinajstić information content (AvgIpc) is 2.83. The molecule has 1 aliphatic rings. The van der Waals surface area contributed by atoms with Crippen LogP contribution in [0.4, 0.5) is 0 Å². The molecular formula is C11H15NO5. The Hall–Kier alpha value is -1.37. The number of aliphatic hydroxyl groups excluding tert-OH is 2. The molecule has 0 radical (unpaired) electrons. The first-order chi connectivity index (χ1) is 8.04. The zero-order valence-corrected chi connectivity index (χ0v) is 9.64. The number of ether oxygens (including phenoxy) is 1. The van der Waals surface area contributed by atoms with Gasteiger partial charge in [0.2, 0.25) is 0 Å². The molecule has 1 fully saturated rings. The number of β-amino-alcohol motifs (C(OH)–C–C–N with tert-alkyl or cyclic N) is 1. The topological polar surface area (TPSA) is 91.9 Å². The molecule has 1 aromatic rings. The van der Waals surface area contributed by atoms with Crippen molar-refractivity contribution >= 4 is 5.97 Å². The maximum Gasteiger partial charge on any atom is 0.341 e. The molecule has 0 bridgehead atoms. The molecule has 0 amide bonds. The van der Waals surface area contributed by atoms with Crippen LogP contribution in [0.25, 0.3) is 0 Å². The quantitative estimate of drug-likeness (QED) is 0.618. The lowest BCUT2D eigenvalue weighted by Crippen LogP contribution is -2.25. The number of hydrogen-bond donors (Lipinski definition) is 3. The monoisotopic (exact) mass is 241 g/mol. The second kappa shape index (κ2) is 4.48. The molecule has 0 saturated carbocycles. The average molecular weight is 241 g/mol. The van der Waals surface area contributed by atoms with E-state index in [1.165, 1.54) is 13.2 Å². The smallest absolute Gasteiger partial charge is 0.341 e. The summed E-state index contributed by atoms with van der Waals surface area (Å²) in [4.78, 5) is 11.4. The lowest BCUT2D eigenvalue weighted by molar-refractivity contribution is 0.0368. The van der Waals surface area contributed by atoms with Gasteiger partial charge in [-0.25, -0.2) is 4.79 Å². The van der Waals surface area contributed by atoms with Gasteiger partial charge < -0.3 is 24.7 Å². The van der Waals surface area contributed by atoms with Crippen molar-refractivity contribution in [3.63, 3.8) is 0 Å². The van der Waals surface area contributed by atoms with E-state index < -0.39 is 24.2 Å². The van der Waals surface area contributed by atoms with Crippen molar-refractivity contribution in [2.75, 3.05) is 13.7 Å². The van der Waals surface area contributed by atoms with Gasteiger partial charge in [-0.2, -0.15) is 0 Å². The minimum Gasteiger partial charge on any atom is -0.465 e. The number of rotatable bonds is 2. The molecule has 1 aromatic heterocycles. The van der Waals surface area contributed by atoms with Gasteiger partial charge in [0.25, 0.3) is 0 Å². The summed E-state index contributed by atoms with van der Waals surface area (Å²) < 4.78 is 10.0. The van der Waals surface area contributed by atoms with Crippen molar-refractivity contribution in [1.29, 1.82) is 0 Å². The molecule has 1 saturated heterocycles. The Labute approximate surface area is 98.2 Å². The van der Waals surface area contributed by atoms with Gasteiger partial charge in [-0.05, 0) is 13.0 Å². The molecule has 1 aliphatic heterocycles. The lowest BCUT2D eigenvalue weighted by Gasteiger charge is -2.12. The largest absolute Gasteiger partial charge is 0.465 e. The van der Waals surface area contributed by atoms with E-state index in [1.807, 2.05) is 0 Å². The van der Waals surface area contributed by atoms with Gasteiger partial charge in [0.1, 0.15) is 23.2 Å². The molecule has 6 heteroatoms. The Kier molecular flexibility index (Phi) is 3.19. The normalized spacial score (nSPS) is 28.4. The minimum absolute atomic E-state index is 0.291. The van der Waals surface area contributed by atoms with Gasteiger partial charge in [0.15, 0.2) is 0 Å². The molecular weight excluding hydrogens is 226 g/mol. The van der Waals surface area contributed by atoms with Crippen LogP contribution in [0.2, 0.25) is 0 Å². The number of aryl methyl sites for hydroxylation is 1. The highest BCUT2D eigenvalue weighted by molar-refractivity contribution is 5.90. The number of carbonyl (C=O) groups is 1. The Bertz CT molecular complexity index is 427. The van der Waals surface area contributed by atoms with Crippen LogP contribution in [0.5, 0.6) is 0 Å². The molecule has 2 heterocycles. The summed E-state index contributed by atoms with van der Waals surface area (Å²) in [6.07, 6.45) is -1.77. The summed E-state index contributed by atoms with van der Waals surface area (Å²) in [6, 6.07) is 1.03. The maximum absolute atomic E-state index is 11.4. The first-order valence-corrected chi connectivity index (χ1v) is 5.32. The van der Waals surface area contributed by atoms with Crippen LogP contribution in [-0.2, 0) is 4.74 Å². The molecule has 0 aliphatic carbocycles. The predicted molar refractivity (Wildman–Crippen MR) is 57.5 cm³/mol. The summed E-state index contributed by atoms with van der Waals surface area (Å²) >= 11 is 0. The van der Waals surface area contributed by atoms with Gasteiger partial charge in [-0.15, -0.1) is 0 Å². The number of furan rings is 1. The van der Waals surface area contributed by atoms with Crippen LogP contribution in [0.15, 0.2) is 10.5 Å². The standard InChI is InChI=1S/C11H15NO5/c1-5-6(11(15)16-2)3-8(17-5)9-10(14)7(13)4-12-9/h3,7,9-10,12-14H,4H2,1-2H3/t7-,9-,10-/m1/s1. The van der Waals surface area contributed by atoms with E-state index in [9.17, 15) is 15.0 Å². The zero-order chi connectivity index (χ0) is 12.6. The molecule has 94 valence electrons. The van der Waals surface area contributed by atoms with Crippen molar-refractivity contribution in [1.82, 2.24) is 5.32 Å². The van der Waals surface area contributed by atoms with Crippen molar-refractivity contribution in [3.05, 3.63) is 23.2 Å². The second-order valence-corrected chi connectivity index (χ2v) is 4.05. The summed E-state index contributed by atoms with van der Waals surface area (Å²) in [6.45, 7) is 1.94. The zero-order valence-electron chi connectivity index (χ0n) is 9.64. The van der Waals surface area contributed by atoms with Crippen molar-refractivity contribution in [2.24, 2.45) is 0 Å². The Morgan fingerprint density at radius 2 is 2.29 bits per heavy atom. The van der Waals surface area contributed by atoms with Crippen LogP contribution in [0.3, 0.4) is 0 Å². The third kappa shape index (κ3) is 2.06. The van der Waals surface area contributed by atoms with Crippen molar-refractivity contribution in [3.8, 4) is 0 Å². The highest BCUT2D eigenvalue weighted by Crippen LogP contribution is 2.28. The van der Waals surface area contributed by atoms with E-state index in [4.69, 9.17) is 4.42 Å². The van der Waals surface area contributed by atoms with Crippen molar-refractivity contribution < 1.29 is 24.2 Å². The van der Waals surface area contributed by atoms with Crippen LogP contribution < -0.4 is 5.32 Å². The SMILES string of the molecule is COC(=O)c1cc([C@H]2NC[C@@H](O)[C@H]2O)oc1C. The molecule has 6 nitrogen and oxygen atoms in total. The van der Waals surface area contributed by atoms with Crippen LogP contribution >= 0.6 is 0 Å². The van der Waals surface area contributed by atoms with E-state index in [1.54, 1.807) is 6.92 Å². The van der Waals surface area contributed by atoms with Crippen molar-refractivity contribution in [2.45, 2.75) is 25.2 Å². The molecule has 3 N–H and O–H groups in total. The summed E-state index contributed by atoms with van der Waals surface area (Å²) in [5.41, 5.74) is 0.331. The van der Waals surface area contributed by atoms with Crippen LogP contribution in [0, 0.1) is 6.92 Å². The Morgan fingerprint density at radius 1 is 1.59 bits per heavy atom. The third-order valence-corrected chi connectivity index (χ3v) is 2.93. The third-order valence-electron chi connectivity index (χ3n) is 2.93. The summed E-state index contributed by atoms with van der Waals surface area (Å²) in [5.74, 6) is 0.375. The number of methoxy groups -OCH3 is 1. The highest BCUT2D eigenvalue weighted by Gasteiger charge is 2.36. The van der Waals surface area contributed by atoms with Gasteiger partial charge in [0.05, 0.1) is 19.3 Å². The lowest BCUT2D eigenvalue weighted by atomic mass is 10.1. The number of hydrogen-bond acceptors (Lipinski definition) is 6. The maximum atomic E-state index is 11.4. The molecule has 0 spiro atoms. The molecule has 3 atom stereocenters. The van der Waals surface area contributed by atoms with E-state index >= 15 is 0 Å². The summed E-state index contributed by atoms with van der Waals surface area (Å²) in [5, 5.41) is 22.1. The highest BCUT2D eigenvalue weighted by atomic mass is 16.5. The van der Waals surface area contributed by atoms with E-state index in [2.05, 4.69) is 10.1 Å². The molecule has 17 heavy (non-hydrogen) atoms. The van der Waals surface area contributed by atoms with E-state index in [0.29, 0.717) is 23.6 Å². The Morgan fingerprint density at radius 3 is 2.82 bits per heavy atom. The number of esters is 1. The van der Waals surface area contributed by atoms with E-state index in [-0.39, 0.29) is 0 Å².